The van der Waals surface area contributed by atoms with Gasteiger partial charge in [0.15, 0.2) is 0 Å². The van der Waals surface area contributed by atoms with Gasteiger partial charge >= 0.3 is 0 Å². The van der Waals surface area contributed by atoms with Crippen molar-refractivity contribution in [2.75, 3.05) is 0 Å². The van der Waals surface area contributed by atoms with Crippen molar-refractivity contribution in [3.8, 4) is 0 Å². The van der Waals surface area contributed by atoms with E-state index in [0.29, 0.717) is 11.3 Å². The highest BCUT2D eigenvalue weighted by molar-refractivity contribution is 5.10. The summed E-state index contributed by atoms with van der Waals surface area (Å²) in [6.45, 7) is 4.33. The van der Waals surface area contributed by atoms with Crippen LogP contribution < -0.4 is 0 Å². The lowest BCUT2D eigenvalue weighted by Gasteiger charge is -2.57. The van der Waals surface area contributed by atoms with Crippen LogP contribution in [0.25, 0.3) is 0 Å². The average molecular weight is 168 g/mol. The maximum Gasteiger partial charge on any atom is 0.0726 e. The topological polar surface area (TPSA) is 20.2 Å². The molecule has 1 N–H and O–H groups in total. The Kier molecular flexibility index (Phi) is 1.76. The number of rotatable bonds is 1. The summed E-state index contributed by atoms with van der Waals surface area (Å²) in [6.07, 6.45) is 7.57. The summed E-state index contributed by atoms with van der Waals surface area (Å²) in [7, 11) is 0. The van der Waals surface area contributed by atoms with Gasteiger partial charge in [0.25, 0.3) is 0 Å². The van der Waals surface area contributed by atoms with Gasteiger partial charge in [-0.3, -0.25) is 0 Å². The van der Waals surface area contributed by atoms with Crippen molar-refractivity contribution < 1.29 is 5.11 Å². The molecule has 0 aromatic heterocycles. The highest BCUT2D eigenvalue weighted by atomic mass is 16.3. The molecule has 1 atom stereocenters. The summed E-state index contributed by atoms with van der Waals surface area (Å²) < 4.78 is 0. The molecule has 0 bridgehead atoms. The molecule has 0 aromatic rings. The highest BCUT2D eigenvalue weighted by Gasteiger charge is 2.59. The second-order valence-electron chi connectivity index (χ2n) is 5.07. The van der Waals surface area contributed by atoms with E-state index in [4.69, 9.17) is 0 Å². The lowest BCUT2D eigenvalue weighted by molar-refractivity contribution is -0.192. The maximum absolute atomic E-state index is 10.4. The van der Waals surface area contributed by atoms with Gasteiger partial charge in [0.2, 0.25) is 0 Å². The van der Waals surface area contributed by atoms with Crippen LogP contribution in [0.1, 0.15) is 52.4 Å². The van der Waals surface area contributed by atoms with Gasteiger partial charge in [-0.05, 0) is 37.0 Å². The Hall–Kier alpha value is -0.0400. The van der Waals surface area contributed by atoms with E-state index in [1.54, 1.807) is 0 Å². The van der Waals surface area contributed by atoms with Crippen LogP contribution >= 0.6 is 0 Å². The molecule has 2 fully saturated rings. The lowest BCUT2D eigenvalue weighted by atomic mass is 9.52. The molecular formula is C11H20O. The third-order valence-corrected chi connectivity index (χ3v) is 4.42. The fourth-order valence-electron chi connectivity index (χ4n) is 3.37. The number of aliphatic hydroxyl groups is 1. The van der Waals surface area contributed by atoms with Crippen molar-refractivity contribution >= 4 is 0 Å². The summed E-state index contributed by atoms with van der Waals surface area (Å²) in [4.78, 5) is 0. The Morgan fingerprint density at radius 2 is 1.58 bits per heavy atom. The average Bonchev–Trinajstić information content (AvgIpc) is 2.50. The molecule has 1 spiro atoms. The summed E-state index contributed by atoms with van der Waals surface area (Å²) >= 11 is 0. The third kappa shape index (κ3) is 0.834. The Balaban J connectivity index is 2.17. The molecule has 12 heavy (non-hydrogen) atoms. The Morgan fingerprint density at radius 3 is 1.92 bits per heavy atom. The van der Waals surface area contributed by atoms with Gasteiger partial charge in [0.05, 0.1) is 5.60 Å². The second kappa shape index (κ2) is 2.47. The van der Waals surface area contributed by atoms with Gasteiger partial charge in [-0.15, -0.1) is 0 Å². The zero-order valence-corrected chi connectivity index (χ0v) is 8.27. The van der Waals surface area contributed by atoms with Gasteiger partial charge in [-0.1, -0.05) is 26.7 Å². The van der Waals surface area contributed by atoms with Gasteiger partial charge in [0.1, 0.15) is 0 Å². The minimum absolute atomic E-state index is 0.302. The summed E-state index contributed by atoms with van der Waals surface area (Å²) in [6, 6.07) is 0. The quantitative estimate of drug-likeness (QED) is 0.638. The van der Waals surface area contributed by atoms with Crippen molar-refractivity contribution in [3.63, 3.8) is 0 Å². The van der Waals surface area contributed by atoms with Crippen LogP contribution in [0.3, 0.4) is 0 Å². The van der Waals surface area contributed by atoms with Crippen LogP contribution in [0, 0.1) is 11.3 Å². The zero-order valence-electron chi connectivity index (χ0n) is 8.27. The molecule has 0 heterocycles. The molecule has 0 saturated heterocycles. The molecule has 1 heteroatoms. The van der Waals surface area contributed by atoms with Crippen molar-refractivity contribution in [3.05, 3.63) is 0 Å². The molecule has 2 rings (SSSR count). The van der Waals surface area contributed by atoms with Crippen molar-refractivity contribution in [2.24, 2.45) is 11.3 Å². The van der Waals surface area contributed by atoms with Crippen LogP contribution in [0.2, 0.25) is 0 Å². The molecule has 0 radical (unpaired) electrons. The predicted molar refractivity (Wildman–Crippen MR) is 49.9 cm³/mol. The standard InChI is InChI=1S/C11H20O/c1-9(2)11(12)8-7-10(11)5-3-4-6-10/h9,12H,3-8H2,1-2H3. The molecule has 2 saturated carbocycles. The van der Waals surface area contributed by atoms with Gasteiger partial charge in [0, 0.05) is 0 Å². The lowest BCUT2D eigenvalue weighted by Crippen LogP contribution is -2.59. The van der Waals surface area contributed by atoms with Crippen molar-refractivity contribution in [1.82, 2.24) is 0 Å². The van der Waals surface area contributed by atoms with Crippen LogP contribution in [-0.2, 0) is 0 Å². The van der Waals surface area contributed by atoms with E-state index < -0.39 is 0 Å². The minimum atomic E-state index is -0.302. The molecule has 0 amide bonds. The van der Waals surface area contributed by atoms with E-state index in [9.17, 15) is 5.11 Å². The molecular weight excluding hydrogens is 148 g/mol. The van der Waals surface area contributed by atoms with Crippen LogP contribution in [0.5, 0.6) is 0 Å². The normalized spacial score (nSPS) is 39.0. The van der Waals surface area contributed by atoms with Crippen molar-refractivity contribution in [1.29, 1.82) is 0 Å². The van der Waals surface area contributed by atoms with Crippen LogP contribution in [0.15, 0.2) is 0 Å². The predicted octanol–water partition coefficient (Wildman–Crippen LogP) is 2.73. The third-order valence-electron chi connectivity index (χ3n) is 4.42. The zero-order chi connectivity index (χ0) is 8.82. The van der Waals surface area contributed by atoms with Crippen molar-refractivity contribution in [2.45, 2.75) is 58.0 Å². The number of hydrogen-bond acceptors (Lipinski definition) is 1. The fourth-order valence-corrected chi connectivity index (χ4v) is 3.37. The van der Waals surface area contributed by atoms with E-state index >= 15 is 0 Å². The summed E-state index contributed by atoms with van der Waals surface area (Å²) in [5, 5.41) is 10.4. The first-order chi connectivity index (χ1) is 5.61. The molecule has 0 aliphatic heterocycles. The Morgan fingerprint density at radius 1 is 1.00 bits per heavy atom. The van der Waals surface area contributed by atoms with E-state index in [-0.39, 0.29) is 5.60 Å². The SMILES string of the molecule is CC(C)C1(O)CCC12CCCC2. The molecule has 1 unspecified atom stereocenters. The molecule has 1 nitrogen and oxygen atoms in total. The van der Waals surface area contributed by atoms with E-state index in [0.717, 1.165) is 6.42 Å². The van der Waals surface area contributed by atoms with E-state index in [1.807, 2.05) is 0 Å². The van der Waals surface area contributed by atoms with Crippen LogP contribution in [-0.4, -0.2) is 10.7 Å². The van der Waals surface area contributed by atoms with Gasteiger partial charge in [-0.2, -0.15) is 0 Å². The first-order valence-electron chi connectivity index (χ1n) is 5.33. The molecule has 2 aliphatic rings. The first kappa shape index (κ1) is 8.55. The minimum Gasteiger partial charge on any atom is -0.389 e. The second-order valence-corrected chi connectivity index (χ2v) is 5.07. The fraction of sp³-hybridized carbons (Fsp3) is 1.00. The Bertz CT molecular complexity index is 175. The van der Waals surface area contributed by atoms with Gasteiger partial charge < -0.3 is 5.11 Å². The van der Waals surface area contributed by atoms with E-state index in [2.05, 4.69) is 13.8 Å². The largest absolute Gasteiger partial charge is 0.389 e. The van der Waals surface area contributed by atoms with Gasteiger partial charge in [-0.25, -0.2) is 0 Å². The highest BCUT2D eigenvalue weighted by Crippen LogP contribution is 2.62. The molecule has 0 aromatic carbocycles. The van der Waals surface area contributed by atoms with E-state index in [1.165, 1.54) is 32.1 Å². The maximum atomic E-state index is 10.4. The smallest absolute Gasteiger partial charge is 0.0726 e. The first-order valence-corrected chi connectivity index (χ1v) is 5.33. The van der Waals surface area contributed by atoms with Crippen LogP contribution in [0.4, 0.5) is 0 Å². The monoisotopic (exact) mass is 168 g/mol. The molecule has 70 valence electrons. The summed E-state index contributed by atoms with van der Waals surface area (Å²) in [5.41, 5.74) is 0.0463. The molecule has 2 aliphatic carbocycles. The number of hydrogen-bond donors (Lipinski definition) is 1. The summed E-state index contributed by atoms with van der Waals surface area (Å²) in [5.74, 6) is 0.448. The Labute approximate surface area is 75.2 Å².